The molecule has 19 heavy (non-hydrogen) atoms. The van der Waals surface area contributed by atoms with Crippen molar-refractivity contribution in [2.45, 2.75) is 12.6 Å². The van der Waals surface area contributed by atoms with Gasteiger partial charge in [0.15, 0.2) is 0 Å². The standard InChI is InChI=1S/C10H15N5O4/c16-9(17)7-5-19-6-8(7)13-10(18)11-1-3-15-4-2-12-14-15/h2,4,7-8H,1,3,5-6H2,(H,16,17)(H2,11,13,18). The molecule has 2 atom stereocenters. The number of nitrogens with zero attached hydrogens (tertiary/aromatic N) is 3. The second kappa shape index (κ2) is 6.14. The molecule has 9 heteroatoms. The molecule has 1 aromatic rings. The molecule has 0 radical (unpaired) electrons. The highest BCUT2D eigenvalue weighted by atomic mass is 16.5. The van der Waals surface area contributed by atoms with Crippen molar-refractivity contribution in [2.75, 3.05) is 19.8 Å². The lowest BCUT2D eigenvalue weighted by Crippen LogP contribution is -2.47. The van der Waals surface area contributed by atoms with Crippen molar-refractivity contribution in [3.8, 4) is 0 Å². The molecule has 0 aromatic carbocycles. The lowest BCUT2D eigenvalue weighted by atomic mass is 10.0. The largest absolute Gasteiger partial charge is 0.481 e. The number of carboxylic acid groups (broad SMARTS) is 1. The van der Waals surface area contributed by atoms with Gasteiger partial charge in [-0.25, -0.2) is 4.79 Å². The molecule has 3 N–H and O–H groups in total. The number of urea groups is 1. The molecule has 2 unspecified atom stereocenters. The molecule has 1 aromatic heterocycles. The third-order valence-corrected chi connectivity index (χ3v) is 2.81. The number of aliphatic carboxylic acids is 1. The summed E-state index contributed by atoms with van der Waals surface area (Å²) < 4.78 is 6.63. The van der Waals surface area contributed by atoms with Crippen LogP contribution in [0.1, 0.15) is 0 Å². The number of ether oxygens (including phenoxy) is 1. The minimum atomic E-state index is -0.967. The van der Waals surface area contributed by atoms with E-state index in [1.165, 1.54) is 0 Å². The normalized spacial score (nSPS) is 22.1. The molecule has 1 saturated heterocycles. The van der Waals surface area contributed by atoms with Crippen LogP contribution in [0.25, 0.3) is 0 Å². The van der Waals surface area contributed by atoms with Crippen LogP contribution in [0.2, 0.25) is 0 Å². The molecule has 0 saturated carbocycles. The summed E-state index contributed by atoms with van der Waals surface area (Å²) in [6, 6.07) is -0.911. The fourth-order valence-electron chi connectivity index (χ4n) is 1.80. The number of carbonyl (C=O) groups is 2. The molecule has 0 spiro atoms. The molecule has 2 heterocycles. The maximum atomic E-state index is 11.6. The van der Waals surface area contributed by atoms with Crippen molar-refractivity contribution in [2.24, 2.45) is 5.92 Å². The number of rotatable bonds is 5. The predicted molar refractivity (Wildman–Crippen MR) is 62.3 cm³/mol. The van der Waals surface area contributed by atoms with E-state index in [9.17, 15) is 9.59 Å². The highest BCUT2D eigenvalue weighted by Gasteiger charge is 2.34. The van der Waals surface area contributed by atoms with E-state index in [1.807, 2.05) is 0 Å². The molecule has 0 bridgehead atoms. The van der Waals surface area contributed by atoms with Crippen LogP contribution in [-0.2, 0) is 16.1 Å². The molecule has 1 aliphatic heterocycles. The Balaban J connectivity index is 1.70. The van der Waals surface area contributed by atoms with Gasteiger partial charge >= 0.3 is 12.0 Å². The third-order valence-electron chi connectivity index (χ3n) is 2.81. The molecule has 1 fully saturated rings. The molecule has 1 aliphatic rings. The zero-order valence-electron chi connectivity index (χ0n) is 10.2. The highest BCUT2D eigenvalue weighted by molar-refractivity contribution is 5.77. The first-order chi connectivity index (χ1) is 9.16. The van der Waals surface area contributed by atoms with Crippen LogP contribution >= 0.6 is 0 Å². The van der Waals surface area contributed by atoms with Gasteiger partial charge in [-0.3, -0.25) is 9.48 Å². The lowest BCUT2D eigenvalue weighted by Gasteiger charge is -2.16. The van der Waals surface area contributed by atoms with Crippen LogP contribution in [0, 0.1) is 5.92 Å². The second-order valence-corrected chi connectivity index (χ2v) is 4.16. The summed E-state index contributed by atoms with van der Waals surface area (Å²) in [6.07, 6.45) is 3.23. The van der Waals surface area contributed by atoms with Crippen molar-refractivity contribution in [3.63, 3.8) is 0 Å². The summed E-state index contributed by atoms with van der Waals surface area (Å²) in [6.45, 7) is 1.21. The first-order valence-electron chi connectivity index (χ1n) is 5.86. The summed E-state index contributed by atoms with van der Waals surface area (Å²) in [4.78, 5) is 22.5. The zero-order valence-corrected chi connectivity index (χ0v) is 10.2. The van der Waals surface area contributed by atoms with Gasteiger partial charge in [-0.05, 0) is 0 Å². The maximum Gasteiger partial charge on any atom is 0.315 e. The van der Waals surface area contributed by atoms with Gasteiger partial charge in [0.1, 0.15) is 5.92 Å². The van der Waals surface area contributed by atoms with Crippen molar-refractivity contribution in [3.05, 3.63) is 12.4 Å². The van der Waals surface area contributed by atoms with Crippen LogP contribution < -0.4 is 10.6 Å². The number of nitrogens with one attached hydrogen (secondary N) is 2. The van der Waals surface area contributed by atoms with E-state index in [0.29, 0.717) is 13.1 Å². The molecule has 0 aliphatic carbocycles. The monoisotopic (exact) mass is 269 g/mol. The third kappa shape index (κ3) is 3.65. The quantitative estimate of drug-likeness (QED) is 0.610. The van der Waals surface area contributed by atoms with E-state index >= 15 is 0 Å². The van der Waals surface area contributed by atoms with Gasteiger partial charge in [-0.15, -0.1) is 5.10 Å². The second-order valence-electron chi connectivity index (χ2n) is 4.16. The number of carbonyl (C=O) groups excluding carboxylic acids is 1. The smallest absolute Gasteiger partial charge is 0.315 e. The van der Waals surface area contributed by atoms with Crippen molar-refractivity contribution in [1.82, 2.24) is 25.6 Å². The SMILES string of the molecule is O=C(NCCn1ccnn1)NC1COCC1C(=O)O. The predicted octanol–water partition coefficient (Wildman–Crippen LogP) is -1.32. The van der Waals surface area contributed by atoms with E-state index in [0.717, 1.165) is 0 Å². The molecule has 104 valence electrons. The Bertz CT molecular complexity index is 435. The summed E-state index contributed by atoms with van der Waals surface area (Å²) in [7, 11) is 0. The summed E-state index contributed by atoms with van der Waals surface area (Å²) in [5, 5.41) is 21.5. The number of carboxylic acids is 1. The topological polar surface area (TPSA) is 118 Å². The van der Waals surface area contributed by atoms with Gasteiger partial charge in [0.25, 0.3) is 0 Å². The molecular weight excluding hydrogens is 254 g/mol. The van der Waals surface area contributed by atoms with Crippen LogP contribution in [0.5, 0.6) is 0 Å². The molecule has 2 rings (SSSR count). The Labute approximate surface area is 108 Å². The van der Waals surface area contributed by atoms with Gasteiger partial charge in [0.05, 0.1) is 32.0 Å². The summed E-state index contributed by atoms with van der Waals surface area (Å²) >= 11 is 0. The number of aromatic nitrogens is 3. The van der Waals surface area contributed by atoms with Gasteiger partial charge in [-0.2, -0.15) is 0 Å². The van der Waals surface area contributed by atoms with Gasteiger partial charge < -0.3 is 20.5 Å². The maximum absolute atomic E-state index is 11.6. The average Bonchev–Trinajstić information content (AvgIpc) is 2.99. The van der Waals surface area contributed by atoms with Crippen LogP contribution in [0.15, 0.2) is 12.4 Å². The first kappa shape index (κ1) is 13.3. The number of amides is 2. The van der Waals surface area contributed by atoms with E-state index in [-0.39, 0.29) is 13.2 Å². The van der Waals surface area contributed by atoms with E-state index < -0.39 is 24.0 Å². The molecular formula is C10H15N5O4. The average molecular weight is 269 g/mol. The summed E-state index contributed by atoms with van der Waals surface area (Å²) in [5.41, 5.74) is 0. The Morgan fingerprint density at radius 1 is 1.47 bits per heavy atom. The van der Waals surface area contributed by atoms with E-state index in [1.54, 1.807) is 17.1 Å². The van der Waals surface area contributed by atoms with Gasteiger partial charge in [0, 0.05) is 12.7 Å². The fraction of sp³-hybridized carbons (Fsp3) is 0.600. The van der Waals surface area contributed by atoms with E-state index in [4.69, 9.17) is 9.84 Å². The van der Waals surface area contributed by atoms with Crippen molar-refractivity contribution in [1.29, 1.82) is 0 Å². The Morgan fingerprint density at radius 2 is 2.32 bits per heavy atom. The lowest BCUT2D eigenvalue weighted by molar-refractivity contribution is -0.142. The summed E-state index contributed by atoms with van der Waals surface area (Å²) in [5.74, 6) is -1.66. The van der Waals surface area contributed by atoms with Crippen molar-refractivity contribution < 1.29 is 19.4 Å². The Morgan fingerprint density at radius 3 is 3.00 bits per heavy atom. The highest BCUT2D eigenvalue weighted by Crippen LogP contribution is 2.13. The van der Waals surface area contributed by atoms with Crippen LogP contribution in [-0.4, -0.2) is 57.9 Å². The first-order valence-corrected chi connectivity index (χ1v) is 5.86. The minimum absolute atomic E-state index is 0.124. The van der Waals surface area contributed by atoms with Crippen molar-refractivity contribution >= 4 is 12.0 Å². The minimum Gasteiger partial charge on any atom is -0.481 e. The van der Waals surface area contributed by atoms with Gasteiger partial charge in [0.2, 0.25) is 0 Å². The number of hydrogen-bond acceptors (Lipinski definition) is 5. The van der Waals surface area contributed by atoms with Crippen LogP contribution in [0.3, 0.4) is 0 Å². The van der Waals surface area contributed by atoms with Gasteiger partial charge in [-0.1, -0.05) is 5.21 Å². The number of hydrogen-bond donors (Lipinski definition) is 3. The Hall–Kier alpha value is -2.16. The fourth-order valence-corrected chi connectivity index (χ4v) is 1.80. The Kier molecular flexibility index (Phi) is 4.29. The van der Waals surface area contributed by atoms with E-state index in [2.05, 4.69) is 20.9 Å². The molecule has 9 nitrogen and oxygen atoms in total. The van der Waals surface area contributed by atoms with Crippen LogP contribution in [0.4, 0.5) is 4.79 Å². The molecule has 2 amide bonds. The zero-order chi connectivity index (χ0) is 13.7.